The first-order valence-corrected chi connectivity index (χ1v) is 8.20. The molecule has 1 aromatic rings. The zero-order chi connectivity index (χ0) is 14.8. The summed E-state index contributed by atoms with van der Waals surface area (Å²) >= 11 is 0. The van der Waals surface area contributed by atoms with Gasteiger partial charge in [0.15, 0.2) is 0 Å². The summed E-state index contributed by atoms with van der Waals surface area (Å²) in [6.45, 7) is 6.31. The average Bonchev–Trinajstić information content (AvgIpc) is 2.38. The fraction of sp³-hybridized carbons (Fsp3) is 0.571. The van der Waals surface area contributed by atoms with Crippen LogP contribution in [0.15, 0.2) is 23.1 Å². The molecule has 1 aliphatic rings. The quantitative estimate of drug-likeness (QED) is 0.898. The maximum atomic E-state index is 12.6. The summed E-state index contributed by atoms with van der Waals surface area (Å²) in [7, 11) is -1.86. The molecule has 1 N–H and O–H groups in total. The van der Waals surface area contributed by atoms with Gasteiger partial charge in [0.05, 0.1) is 17.6 Å². The number of ether oxygens (including phenoxy) is 1. The molecule has 0 radical (unpaired) electrons. The Balaban J connectivity index is 2.15. The SMILES string of the molecule is Cc1cc(C)cc(S(=O)(=O)N(C)CC2CNCCO2)c1. The van der Waals surface area contributed by atoms with E-state index in [1.165, 1.54) is 4.31 Å². The topological polar surface area (TPSA) is 58.6 Å². The molecular formula is C14H22N2O3S. The summed E-state index contributed by atoms with van der Waals surface area (Å²) in [5, 5.41) is 3.20. The third-order valence-corrected chi connectivity index (χ3v) is 5.17. The fourth-order valence-corrected chi connectivity index (χ4v) is 3.78. The van der Waals surface area contributed by atoms with Gasteiger partial charge in [-0.05, 0) is 37.1 Å². The molecule has 1 aliphatic heterocycles. The lowest BCUT2D eigenvalue weighted by Gasteiger charge is -2.27. The van der Waals surface area contributed by atoms with E-state index >= 15 is 0 Å². The number of nitrogens with zero attached hydrogens (tertiary/aromatic N) is 1. The van der Waals surface area contributed by atoms with E-state index in [0.717, 1.165) is 17.7 Å². The summed E-state index contributed by atoms with van der Waals surface area (Å²) in [4.78, 5) is 0.348. The van der Waals surface area contributed by atoms with Gasteiger partial charge in [-0.15, -0.1) is 0 Å². The Kier molecular flexibility index (Phi) is 4.80. The summed E-state index contributed by atoms with van der Waals surface area (Å²) in [5.41, 5.74) is 1.90. The number of hydrogen-bond acceptors (Lipinski definition) is 4. The van der Waals surface area contributed by atoms with Gasteiger partial charge >= 0.3 is 0 Å². The third-order valence-electron chi connectivity index (χ3n) is 3.37. The zero-order valence-electron chi connectivity index (χ0n) is 12.2. The molecule has 0 saturated carbocycles. The maximum Gasteiger partial charge on any atom is 0.242 e. The number of benzene rings is 1. The monoisotopic (exact) mass is 298 g/mol. The van der Waals surface area contributed by atoms with Gasteiger partial charge < -0.3 is 10.1 Å². The minimum absolute atomic E-state index is 0.0885. The minimum atomic E-state index is -3.46. The zero-order valence-corrected chi connectivity index (χ0v) is 13.0. The molecule has 1 saturated heterocycles. The lowest BCUT2D eigenvalue weighted by molar-refractivity contribution is 0.0206. The van der Waals surface area contributed by atoms with E-state index in [1.807, 2.05) is 19.9 Å². The molecule has 0 amide bonds. The second-order valence-electron chi connectivity index (χ2n) is 5.31. The van der Waals surface area contributed by atoms with Crippen molar-refractivity contribution < 1.29 is 13.2 Å². The van der Waals surface area contributed by atoms with Crippen LogP contribution in [0.5, 0.6) is 0 Å². The molecule has 1 fully saturated rings. The molecule has 20 heavy (non-hydrogen) atoms. The van der Waals surface area contributed by atoms with Gasteiger partial charge in [0.2, 0.25) is 10.0 Å². The van der Waals surface area contributed by atoms with Crippen molar-refractivity contribution in [3.05, 3.63) is 29.3 Å². The highest BCUT2D eigenvalue weighted by molar-refractivity contribution is 7.89. The van der Waals surface area contributed by atoms with Crippen molar-refractivity contribution in [2.75, 3.05) is 33.3 Å². The molecule has 1 heterocycles. The first kappa shape index (κ1) is 15.4. The maximum absolute atomic E-state index is 12.6. The second-order valence-corrected chi connectivity index (χ2v) is 7.35. The fourth-order valence-electron chi connectivity index (χ4n) is 2.38. The van der Waals surface area contributed by atoms with E-state index in [9.17, 15) is 8.42 Å². The van der Waals surface area contributed by atoms with E-state index in [2.05, 4.69) is 5.32 Å². The average molecular weight is 298 g/mol. The lowest BCUT2D eigenvalue weighted by atomic mass is 10.2. The van der Waals surface area contributed by atoms with Gasteiger partial charge in [0.1, 0.15) is 0 Å². The molecule has 0 aliphatic carbocycles. The van der Waals surface area contributed by atoms with Gasteiger partial charge in [-0.25, -0.2) is 8.42 Å². The summed E-state index contributed by atoms with van der Waals surface area (Å²) in [6, 6.07) is 5.38. The number of morpholine rings is 1. The standard InChI is InChI=1S/C14H22N2O3S/c1-11-6-12(2)8-14(7-11)20(17,18)16(3)10-13-9-15-4-5-19-13/h6-8,13,15H,4-5,9-10H2,1-3H3. The van der Waals surface area contributed by atoms with E-state index < -0.39 is 10.0 Å². The summed E-state index contributed by atoms with van der Waals surface area (Å²) in [6.07, 6.45) is -0.0885. The van der Waals surface area contributed by atoms with Crippen LogP contribution in [-0.4, -0.2) is 52.1 Å². The number of rotatable bonds is 4. The minimum Gasteiger partial charge on any atom is -0.374 e. The first-order valence-electron chi connectivity index (χ1n) is 6.76. The molecule has 1 aromatic carbocycles. The number of likely N-dealkylation sites (N-methyl/N-ethyl adjacent to an activating group) is 1. The van der Waals surface area contributed by atoms with Gasteiger partial charge in [0, 0.05) is 26.7 Å². The predicted octanol–water partition coefficient (Wildman–Crippen LogP) is 0.912. The largest absolute Gasteiger partial charge is 0.374 e. The Labute approximate surface area is 121 Å². The van der Waals surface area contributed by atoms with Crippen molar-refractivity contribution in [1.29, 1.82) is 0 Å². The Morgan fingerprint density at radius 2 is 1.95 bits per heavy atom. The molecule has 0 bridgehead atoms. The van der Waals surface area contributed by atoms with Crippen LogP contribution >= 0.6 is 0 Å². The van der Waals surface area contributed by atoms with E-state index in [-0.39, 0.29) is 6.10 Å². The van der Waals surface area contributed by atoms with Crippen LogP contribution in [0.4, 0.5) is 0 Å². The van der Waals surface area contributed by atoms with Crippen molar-refractivity contribution in [3.8, 4) is 0 Å². The highest BCUT2D eigenvalue weighted by Crippen LogP contribution is 2.18. The smallest absolute Gasteiger partial charge is 0.242 e. The number of aryl methyl sites for hydroxylation is 2. The molecule has 0 spiro atoms. The number of hydrogen-bond donors (Lipinski definition) is 1. The summed E-state index contributed by atoms with van der Waals surface area (Å²) in [5.74, 6) is 0. The second kappa shape index (κ2) is 6.22. The third kappa shape index (κ3) is 3.58. The molecular weight excluding hydrogens is 276 g/mol. The van der Waals surface area contributed by atoms with Crippen LogP contribution in [-0.2, 0) is 14.8 Å². The molecule has 2 rings (SSSR count). The molecule has 1 unspecified atom stereocenters. The molecule has 5 nitrogen and oxygen atoms in total. The van der Waals surface area contributed by atoms with Crippen molar-refractivity contribution in [2.45, 2.75) is 24.8 Å². The van der Waals surface area contributed by atoms with Gasteiger partial charge in [-0.3, -0.25) is 0 Å². The van der Waals surface area contributed by atoms with Crippen LogP contribution in [0.1, 0.15) is 11.1 Å². The van der Waals surface area contributed by atoms with Crippen molar-refractivity contribution >= 4 is 10.0 Å². The van der Waals surface area contributed by atoms with Crippen LogP contribution in [0.3, 0.4) is 0 Å². The van der Waals surface area contributed by atoms with E-state index in [0.29, 0.717) is 24.6 Å². The molecule has 0 aromatic heterocycles. The summed E-state index contributed by atoms with van der Waals surface area (Å²) < 4.78 is 32.1. The number of nitrogens with one attached hydrogen (secondary N) is 1. The molecule has 1 atom stereocenters. The van der Waals surface area contributed by atoms with Crippen molar-refractivity contribution in [1.82, 2.24) is 9.62 Å². The first-order chi connectivity index (χ1) is 9.39. The van der Waals surface area contributed by atoms with Gasteiger partial charge in [-0.1, -0.05) is 6.07 Å². The lowest BCUT2D eigenvalue weighted by Crippen LogP contribution is -2.45. The van der Waals surface area contributed by atoms with E-state index in [1.54, 1.807) is 19.2 Å². The molecule has 6 heteroatoms. The Morgan fingerprint density at radius 3 is 2.50 bits per heavy atom. The predicted molar refractivity (Wildman–Crippen MR) is 78.3 cm³/mol. The van der Waals surface area contributed by atoms with Gasteiger partial charge in [-0.2, -0.15) is 4.31 Å². The van der Waals surface area contributed by atoms with Crippen LogP contribution in [0.25, 0.3) is 0 Å². The number of sulfonamides is 1. The Morgan fingerprint density at radius 1 is 1.30 bits per heavy atom. The van der Waals surface area contributed by atoms with Crippen LogP contribution < -0.4 is 5.32 Å². The van der Waals surface area contributed by atoms with Crippen LogP contribution in [0.2, 0.25) is 0 Å². The Bertz CT molecular complexity index is 546. The highest BCUT2D eigenvalue weighted by Gasteiger charge is 2.25. The highest BCUT2D eigenvalue weighted by atomic mass is 32.2. The molecule has 112 valence electrons. The van der Waals surface area contributed by atoms with Crippen molar-refractivity contribution in [2.24, 2.45) is 0 Å². The van der Waals surface area contributed by atoms with Crippen LogP contribution in [0, 0.1) is 13.8 Å². The van der Waals surface area contributed by atoms with Gasteiger partial charge in [0.25, 0.3) is 0 Å². The van der Waals surface area contributed by atoms with E-state index in [4.69, 9.17) is 4.74 Å². The normalized spacial score (nSPS) is 20.3. The Hall–Kier alpha value is -0.950. The van der Waals surface area contributed by atoms with Crippen molar-refractivity contribution in [3.63, 3.8) is 0 Å².